The third kappa shape index (κ3) is 2.05. The van der Waals surface area contributed by atoms with E-state index >= 15 is 0 Å². The van der Waals surface area contributed by atoms with Crippen LogP contribution in [0.1, 0.15) is 38.4 Å². The van der Waals surface area contributed by atoms with Crippen molar-refractivity contribution in [3.63, 3.8) is 0 Å². The van der Waals surface area contributed by atoms with Crippen molar-refractivity contribution in [2.45, 2.75) is 32.6 Å². The third-order valence-corrected chi connectivity index (χ3v) is 3.50. The Kier molecular flexibility index (Phi) is 2.52. The van der Waals surface area contributed by atoms with Crippen LogP contribution in [0.3, 0.4) is 0 Å². The molecule has 2 aromatic rings. The molecule has 0 aromatic carbocycles. The Morgan fingerprint density at radius 3 is 2.58 bits per heavy atom. The fraction of sp³-hybridized carbons (Fsp3) is 0.429. The van der Waals surface area contributed by atoms with E-state index in [9.17, 15) is 9.59 Å². The van der Waals surface area contributed by atoms with E-state index < -0.39 is 5.92 Å². The number of nitrogens with one attached hydrogen (secondary N) is 1. The first-order chi connectivity index (χ1) is 8.96. The molecule has 1 saturated carbocycles. The summed E-state index contributed by atoms with van der Waals surface area (Å²) in [6.45, 7) is 3.89. The highest BCUT2D eigenvalue weighted by molar-refractivity contribution is 6.09. The summed E-state index contributed by atoms with van der Waals surface area (Å²) in [7, 11) is 0. The second-order valence-electron chi connectivity index (χ2n) is 5.88. The summed E-state index contributed by atoms with van der Waals surface area (Å²) in [6, 6.07) is 3.62. The van der Waals surface area contributed by atoms with E-state index in [4.69, 9.17) is 0 Å². The number of rotatable bonds is 1. The molecule has 0 spiro atoms. The molecule has 0 aliphatic heterocycles. The lowest BCUT2D eigenvalue weighted by Gasteiger charge is -2.31. The molecule has 1 aliphatic rings. The maximum absolute atomic E-state index is 12.2. The van der Waals surface area contributed by atoms with Gasteiger partial charge >= 0.3 is 0 Å². The lowest BCUT2D eigenvalue weighted by Crippen LogP contribution is -2.36. The summed E-state index contributed by atoms with van der Waals surface area (Å²) in [5, 5.41) is 0. The van der Waals surface area contributed by atoms with Crippen LogP contribution < -0.4 is 0 Å². The van der Waals surface area contributed by atoms with Gasteiger partial charge in [0, 0.05) is 19.0 Å². The number of carbonyl (C=O) groups is 2. The van der Waals surface area contributed by atoms with Gasteiger partial charge in [0.1, 0.15) is 11.7 Å². The summed E-state index contributed by atoms with van der Waals surface area (Å²) < 4.78 is 0. The highest BCUT2D eigenvalue weighted by Gasteiger charge is 2.41. The van der Waals surface area contributed by atoms with Gasteiger partial charge in [-0.05, 0) is 17.5 Å². The molecular weight excluding hydrogens is 242 g/mol. The molecule has 5 heteroatoms. The van der Waals surface area contributed by atoms with Crippen LogP contribution in [0.25, 0.3) is 11.2 Å². The highest BCUT2D eigenvalue weighted by Crippen LogP contribution is 2.37. The quantitative estimate of drug-likeness (QED) is 0.793. The minimum atomic E-state index is -0.748. The second kappa shape index (κ2) is 3.98. The van der Waals surface area contributed by atoms with E-state index in [2.05, 4.69) is 15.0 Å². The number of fused-ring (bicyclic) bond motifs is 1. The zero-order valence-corrected chi connectivity index (χ0v) is 10.9. The third-order valence-electron chi connectivity index (χ3n) is 3.50. The number of pyridine rings is 1. The molecule has 98 valence electrons. The molecule has 0 atom stereocenters. The minimum absolute atomic E-state index is 0.0553. The van der Waals surface area contributed by atoms with Crippen LogP contribution in [-0.4, -0.2) is 26.5 Å². The summed E-state index contributed by atoms with van der Waals surface area (Å²) in [6.07, 6.45) is 2.46. The number of nitrogens with zero attached hydrogens (tertiary/aromatic N) is 2. The van der Waals surface area contributed by atoms with Gasteiger partial charge in [-0.3, -0.25) is 9.59 Å². The predicted molar refractivity (Wildman–Crippen MR) is 69.7 cm³/mol. The average Bonchev–Trinajstić information content (AvgIpc) is 2.68. The van der Waals surface area contributed by atoms with Gasteiger partial charge in [-0.2, -0.15) is 0 Å². The van der Waals surface area contributed by atoms with Crippen LogP contribution in [-0.2, 0) is 9.59 Å². The lowest BCUT2D eigenvalue weighted by atomic mass is 9.71. The number of Topliss-reactive ketones (excluding diaryl/α,β-unsaturated/α-hetero) is 2. The molecular formula is C14H15N3O2. The monoisotopic (exact) mass is 257 g/mol. The summed E-state index contributed by atoms with van der Waals surface area (Å²) in [4.78, 5) is 35.8. The van der Waals surface area contributed by atoms with Gasteiger partial charge in [0.2, 0.25) is 0 Å². The molecule has 1 aliphatic carbocycles. The van der Waals surface area contributed by atoms with Crippen molar-refractivity contribution < 1.29 is 9.59 Å². The van der Waals surface area contributed by atoms with Gasteiger partial charge in [-0.15, -0.1) is 0 Å². The van der Waals surface area contributed by atoms with Crippen molar-refractivity contribution in [1.82, 2.24) is 15.0 Å². The van der Waals surface area contributed by atoms with Crippen LogP contribution in [0.2, 0.25) is 0 Å². The van der Waals surface area contributed by atoms with Crippen LogP contribution in [0, 0.1) is 5.41 Å². The van der Waals surface area contributed by atoms with Crippen molar-refractivity contribution in [2.75, 3.05) is 0 Å². The minimum Gasteiger partial charge on any atom is -0.340 e. The Hall–Kier alpha value is -2.04. The van der Waals surface area contributed by atoms with E-state index in [0.29, 0.717) is 24.3 Å². The molecule has 3 rings (SSSR count). The van der Waals surface area contributed by atoms with Crippen LogP contribution in [0.15, 0.2) is 18.3 Å². The van der Waals surface area contributed by atoms with Crippen molar-refractivity contribution in [3.8, 4) is 0 Å². The van der Waals surface area contributed by atoms with E-state index in [-0.39, 0.29) is 17.0 Å². The molecule has 0 unspecified atom stereocenters. The summed E-state index contributed by atoms with van der Waals surface area (Å²) in [5.41, 5.74) is 1.06. The summed E-state index contributed by atoms with van der Waals surface area (Å²) >= 11 is 0. The maximum Gasteiger partial charge on any atom is 0.177 e. The molecule has 1 fully saturated rings. The number of ketones is 2. The van der Waals surface area contributed by atoms with Crippen molar-refractivity contribution in [2.24, 2.45) is 5.41 Å². The zero-order valence-electron chi connectivity index (χ0n) is 10.9. The molecule has 0 saturated heterocycles. The van der Waals surface area contributed by atoms with Gasteiger partial charge in [0.15, 0.2) is 17.2 Å². The number of aromatic amines is 1. The largest absolute Gasteiger partial charge is 0.340 e. The number of H-pyrrole nitrogens is 1. The SMILES string of the molecule is CC1(C)CC(=O)C(c2nc3ncccc3[nH]2)C(=O)C1. The molecule has 2 heterocycles. The standard InChI is InChI=1S/C14H15N3O2/c1-14(2)6-9(18)11(10(19)7-14)13-16-8-4-3-5-15-12(8)17-13/h3-5,11H,6-7H2,1-2H3,(H,15,16,17). The fourth-order valence-corrected chi connectivity index (χ4v) is 2.69. The summed E-state index contributed by atoms with van der Waals surface area (Å²) in [5.74, 6) is -0.429. The smallest absolute Gasteiger partial charge is 0.177 e. The Balaban J connectivity index is 2.01. The number of carbonyl (C=O) groups excluding carboxylic acids is 2. The second-order valence-corrected chi connectivity index (χ2v) is 5.88. The Labute approximate surface area is 110 Å². The Morgan fingerprint density at radius 1 is 1.26 bits per heavy atom. The number of aromatic nitrogens is 3. The van der Waals surface area contributed by atoms with Gasteiger partial charge in [0.05, 0.1) is 5.52 Å². The van der Waals surface area contributed by atoms with E-state index in [0.717, 1.165) is 5.52 Å². The maximum atomic E-state index is 12.2. The average molecular weight is 257 g/mol. The first-order valence-corrected chi connectivity index (χ1v) is 6.32. The molecule has 0 bridgehead atoms. The van der Waals surface area contributed by atoms with Gasteiger partial charge in [0.25, 0.3) is 0 Å². The highest BCUT2D eigenvalue weighted by atomic mass is 16.2. The van der Waals surface area contributed by atoms with E-state index in [1.54, 1.807) is 12.3 Å². The van der Waals surface area contributed by atoms with Crippen LogP contribution >= 0.6 is 0 Å². The normalized spacial score (nSPS) is 20.1. The van der Waals surface area contributed by atoms with Crippen molar-refractivity contribution in [1.29, 1.82) is 0 Å². The fourth-order valence-electron chi connectivity index (χ4n) is 2.69. The number of hydrogen-bond acceptors (Lipinski definition) is 4. The van der Waals surface area contributed by atoms with Gasteiger partial charge in [-0.1, -0.05) is 13.8 Å². The molecule has 19 heavy (non-hydrogen) atoms. The predicted octanol–water partition coefficient (Wildman–Crippen LogP) is 2.00. The number of imidazole rings is 1. The van der Waals surface area contributed by atoms with Crippen molar-refractivity contribution >= 4 is 22.7 Å². The molecule has 2 aromatic heterocycles. The molecule has 5 nitrogen and oxygen atoms in total. The van der Waals surface area contributed by atoms with E-state index in [1.165, 1.54) is 0 Å². The molecule has 1 N–H and O–H groups in total. The topological polar surface area (TPSA) is 75.7 Å². The van der Waals surface area contributed by atoms with E-state index in [1.807, 2.05) is 19.9 Å². The first-order valence-electron chi connectivity index (χ1n) is 6.32. The van der Waals surface area contributed by atoms with Crippen LogP contribution in [0.5, 0.6) is 0 Å². The molecule has 0 radical (unpaired) electrons. The molecule has 0 amide bonds. The Morgan fingerprint density at radius 2 is 1.95 bits per heavy atom. The Bertz CT molecular complexity index is 619. The van der Waals surface area contributed by atoms with Crippen LogP contribution in [0.4, 0.5) is 0 Å². The lowest BCUT2D eigenvalue weighted by molar-refractivity contribution is -0.135. The number of hydrogen-bond donors (Lipinski definition) is 1. The first kappa shape index (κ1) is 12.0. The van der Waals surface area contributed by atoms with Gasteiger partial charge < -0.3 is 4.98 Å². The van der Waals surface area contributed by atoms with Gasteiger partial charge in [-0.25, -0.2) is 9.97 Å². The zero-order chi connectivity index (χ0) is 13.6. The van der Waals surface area contributed by atoms with Crippen molar-refractivity contribution in [3.05, 3.63) is 24.2 Å².